The Morgan fingerprint density at radius 1 is 1.14 bits per heavy atom. The first-order valence-corrected chi connectivity index (χ1v) is 5.96. The van der Waals surface area contributed by atoms with Crippen molar-refractivity contribution in [2.24, 2.45) is 5.41 Å². The second-order valence-electron chi connectivity index (χ2n) is 4.41. The molecule has 80 valence electrons. The number of Topliss-reactive ketones (excluding diaryl/α,β-unsaturated/α-hetero) is 1. The van der Waals surface area contributed by atoms with Gasteiger partial charge in [-0.1, -0.05) is 23.2 Å². The summed E-state index contributed by atoms with van der Waals surface area (Å²) in [7, 11) is 0. The van der Waals surface area contributed by atoms with Gasteiger partial charge in [-0.2, -0.15) is 0 Å². The van der Waals surface area contributed by atoms with E-state index >= 15 is 0 Å². The Balaban J connectivity index is 2.10. The topological polar surface area (TPSA) is 29.1 Å². The van der Waals surface area contributed by atoms with Crippen LogP contribution >= 0.6 is 23.2 Å². The molecule has 4 heteroatoms. The maximum absolute atomic E-state index is 11.3. The molecule has 0 unspecified atom stereocenters. The summed E-state index contributed by atoms with van der Waals surface area (Å²) in [6.07, 6.45) is 4.65. The lowest BCUT2D eigenvalue weighted by atomic mass is 9.61. The Kier molecular flexibility index (Phi) is 2.80. The Morgan fingerprint density at radius 3 is 2.14 bits per heavy atom. The van der Waals surface area contributed by atoms with Crippen LogP contribution in [0.5, 0.6) is 0 Å². The third-order valence-corrected chi connectivity index (χ3v) is 4.76. The van der Waals surface area contributed by atoms with Gasteiger partial charge in [0.05, 0.1) is 0 Å². The van der Waals surface area contributed by atoms with Crippen LogP contribution in [0.2, 0.25) is 0 Å². The van der Waals surface area contributed by atoms with E-state index in [0.717, 1.165) is 38.8 Å². The van der Waals surface area contributed by atoms with E-state index < -0.39 is 4.33 Å². The number of nitrogens with one attached hydrogen (secondary N) is 1. The van der Waals surface area contributed by atoms with Gasteiger partial charge in [-0.05, 0) is 38.8 Å². The largest absolute Gasteiger partial charge is 0.317 e. The van der Waals surface area contributed by atoms with E-state index in [1.165, 1.54) is 0 Å². The molecule has 2 fully saturated rings. The SMILES string of the molecule is O=C1CC2(CCCNCCC2)C1(Cl)Cl. The van der Waals surface area contributed by atoms with Crippen molar-refractivity contribution in [3.8, 4) is 0 Å². The number of carbonyl (C=O) groups excluding carboxylic acids is 1. The van der Waals surface area contributed by atoms with E-state index in [9.17, 15) is 4.79 Å². The third-order valence-electron chi connectivity index (χ3n) is 3.53. The van der Waals surface area contributed by atoms with Gasteiger partial charge >= 0.3 is 0 Å². The number of ketones is 1. The molecule has 14 heavy (non-hydrogen) atoms. The van der Waals surface area contributed by atoms with E-state index in [1.807, 2.05) is 0 Å². The minimum atomic E-state index is -1.09. The van der Waals surface area contributed by atoms with Gasteiger partial charge in [0.15, 0.2) is 10.1 Å². The van der Waals surface area contributed by atoms with Crippen molar-refractivity contribution in [3.63, 3.8) is 0 Å². The monoisotopic (exact) mass is 235 g/mol. The Morgan fingerprint density at radius 2 is 1.71 bits per heavy atom. The quantitative estimate of drug-likeness (QED) is 0.654. The number of carbonyl (C=O) groups is 1. The van der Waals surface area contributed by atoms with Gasteiger partial charge in [0.2, 0.25) is 0 Å². The molecule has 0 bridgehead atoms. The fourth-order valence-electron chi connectivity index (χ4n) is 2.56. The van der Waals surface area contributed by atoms with Gasteiger partial charge in [-0.15, -0.1) is 0 Å². The normalized spacial score (nSPS) is 30.6. The highest BCUT2D eigenvalue weighted by Crippen LogP contribution is 2.59. The first-order valence-electron chi connectivity index (χ1n) is 5.20. The molecule has 1 spiro atoms. The Hall–Kier alpha value is 0.210. The molecule has 2 rings (SSSR count). The number of halogens is 2. The third kappa shape index (κ3) is 1.48. The fourth-order valence-corrected chi connectivity index (χ4v) is 3.21. The van der Waals surface area contributed by atoms with Gasteiger partial charge in [0, 0.05) is 11.8 Å². The molecular formula is C10H15Cl2NO. The van der Waals surface area contributed by atoms with E-state index in [0.29, 0.717) is 6.42 Å². The number of rotatable bonds is 0. The van der Waals surface area contributed by atoms with Crippen LogP contribution in [0.15, 0.2) is 0 Å². The molecule has 1 N–H and O–H groups in total. The first-order chi connectivity index (χ1) is 6.58. The van der Waals surface area contributed by atoms with Crippen molar-refractivity contribution in [2.45, 2.75) is 36.4 Å². The molecule has 0 aromatic rings. The molecule has 1 saturated carbocycles. The molecule has 1 aliphatic carbocycles. The molecular weight excluding hydrogens is 221 g/mol. The molecule has 2 nitrogen and oxygen atoms in total. The highest BCUT2D eigenvalue weighted by molar-refractivity contribution is 6.61. The average Bonchev–Trinajstić information content (AvgIpc) is 2.09. The van der Waals surface area contributed by atoms with E-state index in [2.05, 4.69) is 5.32 Å². The molecule has 0 amide bonds. The molecule has 1 heterocycles. The highest BCUT2D eigenvalue weighted by atomic mass is 35.5. The molecule has 0 aromatic heterocycles. The van der Waals surface area contributed by atoms with Crippen LogP contribution in [-0.2, 0) is 4.79 Å². The van der Waals surface area contributed by atoms with Crippen molar-refractivity contribution in [3.05, 3.63) is 0 Å². The second kappa shape index (κ2) is 3.66. The van der Waals surface area contributed by atoms with Crippen LogP contribution in [0.25, 0.3) is 0 Å². The first kappa shape index (κ1) is 10.7. The Labute approximate surface area is 94.3 Å². The van der Waals surface area contributed by atoms with Crippen molar-refractivity contribution in [1.29, 1.82) is 0 Å². The summed E-state index contributed by atoms with van der Waals surface area (Å²) in [4.78, 5) is 11.3. The van der Waals surface area contributed by atoms with E-state index in [1.54, 1.807) is 0 Å². The maximum Gasteiger partial charge on any atom is 0.181 e. The summed E-state index contributed by atoms with van der Waals surface area (Å²) in [6.45, 7) is 2.03. The molecule has 0 radical (unpaired) electrons. The highest BCUT2D eigenvalue weighted by Gasteiger charge is 2.63. The van der Waals surface area contributed by atoms with Gasteiger partial charge < -0.3 is 5.32 Å². The second-order valence-corrected chi connectivity index (χ2v) is 5.74. The van der Waals surface area contributed by atoms with Crippen LogP contribution in [0.1, 0.15) is 32.1 Å². The zero-order valence-corrected chi connectivity index (χ0v) is 9.63. The van der Waals surface area contributed by atoms with Crippen LogP contribution in [0.4, 0.5) is 0 Å². The summed E-state index contributed by atoms with van der Waals surface area (Å²) < 4.78 is -1.09. The molecule has 1 aliphatic heterocycles. The predicted octanol–water partition coefficient (Wildman–Crippen LogP) is 2.28. The molecule has 0 atom stereocenters. The zero-order chi connectivity index (χ0) is 10.2. The Bertz CT molecular complexity index is 245. The smallest absolute Gasteiger partial charge is 0.181 e. The van der Waals surface area contributed by atoms with E-state index in [4.69, 9.17) is 23.2 Å². The standard InChI is InChI=1S/C10H15Cl2NO/c11-10(12)8(14)7-9(10)3-1-5-13-6-2-4-9/h13H,1-7H2. The van der Waals surface area contributed by atoms with Crippen molar-refractivity contribution in [2.75, 3.05) is 13.1 Å². The van der Waals surface area contributed by atoms with Crippen LogP contribution in [0.3, 0.4) is 0 Å². The molecule has 1 saturated heterocycles. The average molecular weight is 236 g/mol. The van der Waals surface area contributed by atoms with Crippen LogP contribution in [0, 0.1) is 5.41 Å². The lowest BCUT2D eigenvalue weighted by molar-refractivity contribution is -0.135. The van der Waals surface area contributed by atoms with Crippen LogP contribution < -0.4 is 5.32 Å². The minimum absolute atomic E-state index is 0.00867. The van der Waals surface area contributed by atoms with Crippen molar-refractivity contribution in [1.82, 2.24) is 5.32 Å². The predicted molar refractivity (Wildman–Crippen MR) is 57.8 cm³/mol. The molecule has 0 aromatic carbocycles. The minimum Gasteiger partial charge on any atom is -0.317 e. The lowest BCUT2D eigenvalue weighted by Gasteiger charge is -2.51. The summed E-state index contributed by atoms with van der Waals surface area (Å²) >= 11 is 12.2. The maximum atomic E-state index is 11.3. The van der Waals surface area contributed by atoms with Gasteiger partial charge in [-0.3, -0.25) is 4.79 Å². The summed E-state index contributed by atoms with van der Waals surface area (Å²) in [5.41, 5.74) is -0.116. The fraction of sp³-hybridized carbons (Fsp3) is 0.900. The van der Waals surface area contributed by atoms with Gasteiger partial charge in [0.25, 0.3) is 0 Å². The summed E-state index contributed by atoms with van der Waals surface area (Å²) in [5.74, 6) is 0.00867. The zero-order valence-electron chi connectivity index (χ0n) is 8.11. The summed E-state index contributed by atoms with van der Waals surface area (Å²) in [6, 6.07) is 0. The van der Waals surface area contributed by atoms with Gasteiger partial charge in [-0.25, -0.2) is 0 Å². The summed E-state index contributed by atoms with van der Waals surface area (Å²) in [5, 5.41) is 3.34. The van der Waals surface area contributed by atoms with Crippen LogP contribution in [-0.4, -0.2) is 23.2 Å². The number of hydrogen-bond donors (Lipinski definition) is 1. The van der Waals surface area contributed by atoms with Crippen molar-refractivity contribution >= 4 is 29.0 Å². The van der Waals surface area contributed by atoms with Crippen molar-refractivity contribution < 1.29 is 4.79 Å². The van der Waals surface area contributed by atoms with Gasteiger partial charge in [0.1, 0.15) is 0 Å². The molecule has 2 aliphatic rings. The number of hydrogen-bond acceptors (Lipinski definition) is 2. The number of alkyl halides is 2. The van der Waals surface area contributed by atoms with E-state index in [-0.39, 0.29) is 11.2 Å². The lowest BCUT2D eigenvalue weighted by Crippen LogP contribution is -2.58.